The van der Waals surface area contributed by atoms with Gasteiger partial charge in [0, 0.05) is 10.7 Å². The zero-order valence-corrected chi connectivity index (χ0v) is 15.4. The van der Waals surface area contributed by atoms with Gasteiger partial charge in [0.05, 0.1) is 16.8 Å². The summed E-state index contributed by atoms with van der Waals surface area (Å²) in [6, 6.07) is 10.7. The molecule has 4 aromatic rings. The molecule has 0 aliphatic rings. The van der Waals surface area contributed by atoms with E-state index in [-0.39, 0.29) is 11.5 Å². The van der Waals surface area contributed by atoms with Crippen LogP contribution >= 0.6 is 11.6 Å². The van der Waals surface area contributed by atoms with Gasteiger partial charge in [-0.05, 0) is 55.8 Å². The molecule has 0 saturated carbocycles. The van der Waals surface area contributed by atoms with Gasteiger partial charge in [0.1, 0.15) is 23.8 Å². The average molecular weight is 385 g/mol. The summed E-state index contributed by atoms with van der Waals surface area (Å²) in [5.74, 6) is -0.341. The normalized spacial score (nSPS) is 11.1. The van der Waals surface area contributed by atoms with Gasteiger partial charge >= 0.3 is 0 Å². The molecule has 2 aromatic carbocycles. The van der Waals surface area contributed by atoms with E-state index in [0.29, 0.717) is 22.2 Å². The first-order valence-corrected chi connectivity index (χ1v) is 8.64. The van der Waals surface area contributed by atoms with Crippen LogP contribution in [0.15, 0.2) is 48.8 Å². The van der Waals surface area contributed by atoms with Crippen molar-refractivity contribution in [1.29, 1.82) is 0 Å². The van der Waals surface area contributed by atoms with Crippen molar-refractivity contribution in [1.82, 2.24) is 14.5 Å². The smallest absolute Gasteiger partial charge is 0.150 e. The number of hydrogen-bond acceptors (Lipinski definition) is 3. The van der Waals surface area contributed by atoms with Gasteiger partial charge < -0.3 is 5.32 Å². The second kappa shape index (κ2) is 6.63. The van der Waals surface area contributed by atoms with Crippen LogP contribution in [0.25, 0.3) is 16.7 Å². The van der Waals surface area contributed by atoms with Gasteiger partial charge in [0.2, 0.25) is 0 Å². The average Bonchev–Trinajstić information content (AvgIpc) is 2.89. The van der Waals surface area contributed by atoms with Crippen LogP contribution in [0, 0.1) is 25.5 Å². The van der Waals surface area contributed by atoms with Crippen LogP contribution in [-0.2, 0) is 0 Å². The second-order valence-electron chi connectivity index (χ2n) is 6.20. The third-order valence-corrected chi connectivity index (χ3v) is 4.78. The molecule has 0 aliphatic heterocycles. The van der Waals surface area contributed by atoms with Crippen molar-refractivity contribution in [2.24, 2.45) is 0 Å². The van der Waals surface area contributed by atoms with E-state index in [1.807, 2.05) is 24.5 Å². The molecular weight excluding hydrogens is 370 g/mol. The van der Waals surface area contributed by atoms with E-state index in [0.717, 1.165) is 16.6 Å². The molecule has 0 radical (unpaired) electrons. The predicted octanol–water partition coefficient (Wildman–Crippen LogP) is 5.71. The number of halogens is 3. The molecule has 4 nitrogen and oxygen atoms in total. The van der Waals surface area contributed by atoms with Crippen molar-refractivity contribution >= 4 is 34.1 Å². The van der Waals surface area contributed by atoms with E-state index in [1.54, 1.807) is 18.2 Å². The summed E-state index contributed by atoms with van der Waals surface area (Å²) < 4.78 is 29.8. The Labute approximate surface area is 159 Å². The lowest BCUT2D eigenvalue weighted by atomic mass is 10.2. The number of anilines is 2. The Bertz CT molecular complexity index is 1170. The van der Waals surface area contributed by atoms with Crippen molar-refractivity contribution in [3.8, 4) is 5.69 Å². The lowest BCUT2D eigenvalue weighted by Crippen LogP contribution is -2.00. The molecule has 0 bridgehead atoms. The summed E-state index contributed by atoms with van der Waals surface area (Å²) in [6.45, 7) is 3.86. The van der Waals surface area contributed by atoms with Gasteiger partial charge in [-0.2, -0.15) is 0 Å². The minimum absolute atomic E-state index is 0.259. The number of aromatic nitrogens is 3. The van der Waals surface area contributed by atoms with Crippen LogP contribution in [0.4, 0.5) is 20.3 Å². The zero-order valence-electron chi connectivity index (χ0n) is 14.6. The minimum atomic E-state index is -0.479. The first-order valence-electron chi connectivity index (χ1n) is 8.26. The van der Waals surface area contributed by atoms with Crippen molar-refractivity contribution in [3.63, 3.8) is 0 Å². The summed E-state index contributed by atoms with van der Waals surface area (Å²) in [7, 11) is 0. The standard InChI is InChI=1S/C20H15ClF2N4/c1-11-12(2)27(15-5-3-4-14(22)9-15)20-18(11)19(24-10-25-20)26-17-7-6-13(21)8-16(17)23/h3-10H,1-2H3,(H,24,25,26). The molecule has 0 amide bonds. The molecule has 2 heterocycles. The fraction of sp³-hybridized carbons (Fsp3) is 0.100. The Balaban J connectivity index is 1.90. The topological polar surface area (TPSA) is 42.7 Å². The SMILES string of the molecule is Cc1c(C)n(-c2cccc(F)c2)c2ncnc(Nc3ccc(Cl)cc3F)c12. The third-order valence-electron chi connectivity index (χ3n) is 4.54. The van der Waals surface area contributed by atoms with Crippen LogP contribution in [-0.4, -0.2) is 14.5 Å². The van der Waals surface area contributed by atoms with Crippen LogP contribution in [0.3, 0.4) is 0 Å². The first kappa shape index (κ1) is 17.4. The number of fused-ring (bicyclic) bond motifs is 1. The van der Waals surface area contributed by atoms with Gasteiger partial charge in [-0.1, -0.05) is 17.7 Å². The summed E-state index contributed by atoms with van der Waals surface area (Å²) >= 11 is 5.82. The number of nitrogens with zero attached hydrogens (tertiary/aromatic N) is 3. The van der Waals surface area contributed by atoms with Crippen LogP contribution in [0.2, 0.25) is 5.02 Å². The Morgan fingerprint density at radius 3 is 2.59 bits per heavy atom. The summed E-state index contributed by atoms with van der Waals surface area (Å²) in [6.07, 6.45) is 1.40. The Kier molecular flexibility index (Phi) is 4.28. The summed E-state index contributed by atoms with van der Waals surface area (Å²) in [5.41, 5.74) is 3.35. The molecule has 2 aromatic heterocycles. The fourth-order valence-corrected chi connectivity index (χ4v) is 3.30. The van der Waals surface area contributed by atoms with E-state index < -0.39 is 5.82 Å². The first-order chi connectivity index (χ1) is 13.0. The van der Waals surface area contributed by atoms with Gasteiger partial charge in [-0.15, -0.1) is 0 Å². The lowest BCUT2D eigenvalue weighted by Gasteiger charge is -2.10. The number of hydrogen-bond donors (Lipinski definition) is 1. The highest BCUT2D eigenvalue weighted by Crippen LogP contribution is 2.33. The number of benzene rings is 2. The molecule has 7 heteroatoms. The molecular formula is C20H15ClF2N4. The van der Waals surface area contributed by atoms with Gasteiger partial charge in [-0.25, -0.2) is 18.7 Å². The quantitative estimate of drug-likeness (QED) is 0.491. The van der Waals surface area contributed by atoms with Crippen LogP contribution in [0.1, 0.15) is 11.3 Å². The highest BCUT2D eigenvalue weighted by Gasteiger charge is 2.18. The monoisotopic (exact) mass is 384 g/mol. The summed E-state index contributed by atoms with van der Waals surface area (Å²) in [5, 5.41) is 4.07. The largest absolute Gasteiger partial charge is 0.337 e. The highest BCUT2D eigenvalue weighted by molar-refractivity contribution is 6.30. The van der Waals surface area contributed by atoms with Crippen molar-refractivity contribution in [2.45, 2.75) is 13.8 Å². The highest BCUT2D eigenvalue weighted by atomic mass is 35.5. The molecule has 0 saturated heterocycles. The maximum Gasteiger partial charge on any atom is 0.150 e. The maximum atomic E-state index is 14.2. The Morgan fingerprint density at radius 1 is 1.04 bits per heavy atom. The second-order valence-corrected chi connectivity index (χ2v) is 6.63. The van der Waals surface area contributed by atoms with Crippen molar-refractivity contribution < 1.29 is 8.78 Å². The van der Waals surface area contributed by atoms with Crippen molar-refractivity contribution in [3.05, 3.63) is 76.7 Å². The van der Waals surface area contributed by atoms with Gasteiger partial charge in [0.15, 0.2) is 5.65 Å². The molecule has 4 rings (SSSR count). The molecule has 0 atom stereocenters. The molecule has 0 spiro atoms. The van der Waals surface area contributed by atoms with Crippen LogP contribution in [0.5, 0.6) is 0 Å². The molecule has 0 unspecified atom stereocenters. The molecule has 0 fully saturated rings. The maximum absolute atomic E-state index is 14.2. The van der Waals surface area contributed by atoms with Gasteiger partial charge in [-0.3, -0.25) is 4.57 Å². The minimum Gasteiger partial charge on any atom is -0.337 e. The zero-order chi connectivity index (χ0) is 19.1. The predicted molar refractivity (Wildman–Crippen MR) is 103 cm³/mol. The van der Waals surface area contributed by atoms with Crippen molar-refractivity contribution in [2.75, 3.05) is 5.32 Å². The van der Waals surface area contributed by atoms with E-state index >= 15 is 0 Å². The van der Waals surface area contributed by atoms with Crippen LogP contribution < -0.4 is 5.32 Å². The lowest BCUT2D eigenvalue weighted by molar-refractivity contribution is 0.626. The number of rotatable bonds is 3. The third kappa shape index (κ3) is 3.02. The molecule has 0 aliphatic carbocycles. The van der Waals surface area contributed by atoms with E-state index in [9.17, 15) is 8.78 Å². The molecule has 27 heavy (non-hydrogen) atoms. The van der Waals surface area contributed by atoms with E-state index in [1.165, 1.54) is 24.5 Å². The van der Waals surface area contributed by atoms with Gasteiger partial charge in [0.25, 0.3) is 0 Å². The number of aryl methyl sites for hydroxylation is 1. The van der Waals surface area contributed by atoms with E-state index in [4.69, 9.17) is 11.6 Å². The number of nitrogens with one attached hydrogen (secondary N) is 1. The molecule has 136 valence electrons. The summed E-state index contributed by atoms with van der Waals surface area (Å²) in [4.78, 5) is 8.67. The molecule has 1 N–H and O–H groups in total. The fourth-order valence-electron chi connectivity index (χ4n) is 3.14. The van der Waals surface area contributed by atoms with E-state index in [2.05, 4.69) is 15.3 Å². The Morgan fingerprint density at radius 2 is 1.85 bits per heavy atom. The Hall–Kier alpha value is -2.99.